The van der Waals surface area contributed by atoms with Gasteiger partial charge in [-0.25, -0.2) is 8.42 Å². The number of rotatable bonds is 2. The number of sulfonamides is 1. The van der Waals surface area contributed by atoms with Gasteiger partial charge in [-0.1, -0.05) is 0 Å². The highest BCUT2D eigenvalue weighted by atomic mass is 32.2. The van der Waals surface area contributed by atoms with Gasteiger partial charge in [0.2, 0.25) is 10.0 Å². The molecule has 13 heavy (non-hydrogen) atoms. The van der Waals surface area contributed by atoms with E-state index in [9.17, 15) is 8.42 Å². The van der Waals surface area contributed by atoms with Crippen molar-refractivity contribution >= 4 is 10.0 Å². The van der Waals surface area contributed by atoms with Gasteiger partial charge in [-0.15, -0.1) is 0 Å². The summed E-state index contributed by atoms with van der Waals surface area (Å²) in [6.07, 6.45) is 1.74. The first-order valence-corrected chi connectivity index (χ1v) is 6.28. The Labute approximate surface area is 79.6 Å². The van der Waals surface area contributed by atoms with Crippen molar-refractivity contribution in [1.82, 2.24) is 9.21 Å². The van der Waals surface area contributed by atoms with Crippen molar-refractivity contribution in [2.75, 3.05) is 33.2 Å². The minimum Gasteiger partial charge on any atom is -0.304 e. The molecule has 1 heterocycles. The van der Waals surface area contributed by atoms with Gasteiger partial charge in [-0.3, -0.25) is 0 Å². The summed E-state index contributed by atoms with van der Waals surface area (Å²) in [7, 11) is -0.877. The molecule has 76 valence electrons. The van der Waals surface area contributed by atoms with Gasteiger partial charge >= 0.3 is 0 Å². The minimum absolute atomic E-state index is 0.0455. The Morgan fingerprint density at radius 2 is 1.62 bits per heavy atom. The third-order valence-electron chi connectivity index (χ3n) is 2.77. The molecule has 1 saturated carbocycles. The van der Waals surface area contributed by atoms with Crippen LogP contribution in [0.1, 0.15) is 12.8 Å². The summed E-state index contributed by atoms with van der Waals surface area (Å²) in [5.74, 6) is 0. The Kier molecular flexibility index (Phi) is 2.33. The molecule has 2 fully saturated rings. The van der Waals surface area contributed by atoms with Crippen LogP contribution in [0.5, 0.6) is 0 Å². The van der Waals surface area contributed by atoms with E-state index in [1.165, 1.54) is 0 Å². The van der Waals surface area contributed by atoms with Crippen molar-refractivity contribution < 1.29 is 8.42 Å². The van der Waals surface area contributed by atoms with E-state index < -0.39 is 10.0 Å². The van der Waals surface area contributed by atoms with E-state index in [0.29, 0.717) is 13.1 Å². The van der Waals surface area contributed by atoms with Gasteiger partial charge in [0.15, 0.2) is 0 Å². The molecule has 0 spiro atoms. The molecule has 0 aromatic carbocycles. The van der Waals surface area contributed by atoms with E-state index in [4.69, 9.17) is 0 Å². The molecule has 0 unspecified atom stereocenters. The van der Waals surface area contributed by atoms with Gasteiger partial charge < -0.3 is 4.90 Å². The molecule has 0 aromatic heterocycles. The lowest BCUT2D eigenvalue weighted by molar-refractivity contribution is 0.222. The molecule has 0 radical (unpaired) electrons. The molecular formula is C8H16N2O2S. The predicted octanol–water partition coefficient (Wildman–Crippen LogP) is -0.274. The van der Waals surface area contributed by atoms with Gasteiger partial charge in [0.1, 0.15) is 0 Å². The monoisotopic (exact) mass is 204 g/mol. The molecule has 0 atom stereocenters. The van der Waals surface area contributed by atoms with E-state index in [1.807, 2.05) is 7.05 Å². The molecule has 2 rings (SSSR count). The van der Waals surface area contributed by atoms with E-state index in [1.54, 1.807) is 4.31 Å². The van der Waals surface area contributed by atoms with Crippen LogP contribution >= 0.6 is 0 Å². The molecular weight excluding hydrogens is 188 g/mol. The van der Waals surface area contributed by atoms with Crippen LogP contribution in [0, 0.1) is 0 Å². The third-order valence-corrected chi connectivity index (χ3v) is 5.17. The summed E-state index contributed by atoms with van der Waals surface area (Å²) >= 11 is 0. The van der Waals surface area contributed by atoms with E-state index in [2.05, 4.69) is 4.90 Å². The first-order chi connectivity index (χ1) is 6.10. The lowest BCUT2D eigenvalue weighted by Gasteiger charge is -2.31. The zero-order valence-corrected chi connectivity index (χ0v) is 8.76. The molecule has 2 aliphatic rings. The molecule has 0 amide bonds. The Morgan fingerprint density at radius 3 is 2.08 bits per heavy atom. The molecule has 0 N–H and O–H groups in total. The topological polar surface area (TPSA) is 40.6 Å². The number of nitrogens with zero attached hydrogens (tertiary/aromatic N) is 2. The maximum atomic E-state index is 11.8. The van der Waals surface area contributed by atoms with Crippen LogP contribution in [0.4, 0.5) is 0 Å². The highest BCUT2D eigenvalue weighted by Crippen LogP contribution is 2.31. The van der Waals surface area contributed by atoms with Gasteiger partial charge in [0.05, 0.1) is 5.25 Å². The van der Waals surface area contributed by atoms with E-state index in [-0.39, 0.29) is 5.25 Å². The highest BCUT2D eigenvalue weighted by Gasteiger charge is 2.40. The second-order valence-corrected chi connectivity index (χ2v) is 6.16. The van der Waals surface area contributed by atoms with Crippen LogP contribution in [-0.2, 0) is 10.0 Å². The van der Waals surface area contributed by atoms with Crippen molar-refractivity contribution in [3.8, 4) is 0 Å². The summed E-state index contributed by atoms with van der Waals surface area (Å²) in [4.78, 5) is 2.17. The van der Waals surface area contributed by atoms with Crippen LogP contribution in [0.15, 0.2) is 0 Å². The third kappa shape index (κ3) is 1.87. The molecule has 0 bridgehead atoms. The van der Waals surface area contributed by atoms with Gasteiger partial charge in [-0.2, -0.15) is 4.31 Å². The Balaban J connectivity index is 2.01. The van der Waals surface area contributed by atoms with Crippen LogP contribution < -0.4 is 0 Å². The molecule has 5 heteroatoms. The van der Waals surface area contributed by atoms with Crippen molar-refractivity contribution in [3.63, 3.8) is 0 Å². The number of likely N-dealkylation sites (N-methyl/N-ethyl adjacent to an activating group) is 1. The fourth-order valence-electron chi connectivity index (χ4n) is 1.62. The first kappa shape index (κ1) is 9.43. The Morgan fingerprint density at radius 1 is 1.08 bits per heavy atom. The fourth-order valence-corrected chi connectivity index (χ4v) is 3.44. The van der Waals surface area contributed by atoms with E-state index in [0.717, 1.165) is 25.9 Å². The van der Waals surface area contributed by atoms with Crippen LogP contribution in [0.3, 0.4) is 0 Å². The SMILES string of the molecule is CN1CCN(S(=O)(=O)C2CC2)CC1. The number of piperazine rings is 1. The summed E-state index contributed by atoms with van der Waals surface area (Å²) < 4.78 is 25.2. The standard InChI is InChI=1S/C8H16N2O2S/c1-9-4-6-10(7-5-9)13(11,12)8-2-3-8/h8H,2-7H2,1H3. The lowest BCUT2D eigenvalue weighted by Crippen LogP contribution is -2.48. The van der Waals surface area contributed by atoms with Crippen molar-refractivity contribution in [3.05, 3.63) is 0 Å². The quantitative estimate of drug-likeness (QED) is 0.621. The van der Waals surface area contributed by atoms with E-state index >= 15 is 0 Å². The smallest absolute Gasteiger partial charge is 0.217 e. The van der Waals surface area contributed by atoms with Crippen LogP contribution in [0.2, 0.25) is 0 Å². The molecule has 4 nitrogen and oxygen atoms in total. The normalized spacial score (nSPS) is 27.8. The zero-order chi connectivity index (χ0) is 9.47. The Hall–Kier alpha value is -0.130. The summed E-state index contributed by atoms with van der Waals surface area (Å²) in [6.45, 7) is 3.09. The lowest BCUT2D eigenvalue weighted by atomic mass is 10.4. The average molecular weight is 204 g/mol. The van der Waals surface area contributed by atoms with Gasteiger partial charge in [0, 0.05) is 26.2 Å². The Bertz CT molecular complexity index is 277. The summed E-state index contributed by atoms with van der Waals surface area (Å²) in [5.41, 5.74) is 0. The largest absolute Gasteiger partial charge is 0.304 e. The summed E-state index contributed by atoms with van der Waals surface area (Å²) in [5, 5.41) is -0.0455. The maximum absolute atomic E-state index is 11.8. The molecule has 0 aromatic rings. The van der Waals surface area contributed by atoms with Crippen LogP contribution in [-0.4, -0.2) is 56.1 Å². The number of hydrogen-bond donors (Lipinski definition) is 0. The van der Waals surface area contributed by atoms with Crippen molar-refractivity contribution in [2.24, 2.45) is 0 Å². The van der Waals surface area contributed by atoms with Crippen molar-refractivity contribution in [1.29, 1.82) is 0 Å². The number of hydrogen-bond acceptors (Lipinski definition) is 3. The average Bonchev–Trinajstić information content (AvgIpc) is 2.87. The first-order valence-electron chi connectivity index (χ1n) is 4.78. The fraction of sp³-hybridized carbons (Fsp3) is 1.00. The van der Waals surface area contributed by atoms with Gasteiger partial charge in [-0.05, 0) is 19.9 Å². The predicted molar refractivity (Wildman–Crippen MR) is 51.0 cm³/mol. The second-order valence-electron chi connectivity index (χ2n) is 3.95. The zero-order valence-electron chi connectivity index (χ0n) is 7.94. The summed E-state index contributed by atoms with van der Waals surface area (Å²) in [6, 6.07) is 0. The highest BCUT2D eigenvalue weighted by molar-refractivity contribution is 7.90. The molecule has 1 aliphatic heterocycles. The van der Waals surface area contributed by atoms with Gasteiger partial charge in [0.25, 0.3) is 0 Å². The maximum Gasteiger partial charge on any atom is 0.217 e. The molecule has 1 aliphatic carbocycles. The second kappa shape index (κ2) is 3.22. The van der Waals surface area contributed by atoms with Crippen LogP contribution in [0.25, 0.3) is 0 Å². The van der Waals surface area contributed by atoms with Crippen molar-refractivity contribution in [2.45, 2.75) is 18.1 Å². The molecule has 1 saturated heterocycles. The minimum atomic E-state index is -2.91.